The number of halogens is 1. The quantitative estimate of drug-likeness (QED) is 0.844. The molecule has 2 unspecified atom stereocenters. The van der Waals surface area contributed by atoms with Crippen LogP contribution < -0.4 is 5.73 Å². The fourth-order valence-electron chi connectivity index (χ4n) is 0.982. The second-order valence-corrected chi connectivity index (χ2v) is 3.87. The van der Waals surface area contributed by atoms with E-state index < -0.39 is 0 Å². The molecule has 2 N–H and O–H groups in total. The summed E-state index contributed by atoms with van der Waals surface area (Å²) in [5, 5.41) is 0. The highest BCUT2D eigenvalue weighted by Gasteiger charge is 2.13. The van der Waals surface area contributed by atoms with Crippen LogP contribution in [0.25, 0.3) is 0 Å². The molecule has 0 amide bonds. The molecule has 12 heavy (non-hydrogen) atoms. The van der Waals surface area contributed by atoms with Gasteiger partial charge in [-0.2, -0.15) is 0 Å². The summed E-state index contributed by atoms with van der Waals surface area (Å²) in [6.45, 7) is 4.07. The average molecular weight is 229 g/mol. The van der Waals surface area contributed by atoms with Crippen LogP contribution in [0.4, 0.5) is 0 Å². The van der Waals surface area contributed by atoms with Gasteiger partial charge in [0.15, 0.2) is 0 Å². The van der Waals surface area contributed by atoms with Gasteiger partial charge in [-0.05, 0) is 35.0 Å². The number of hydrogen-bond donors (Lipinski definition) is 1. The lowest BCUT2D eigenvalue weighted by molar-refractivity contribution is 0.596. The molecule has 1 heterocycles. The third kappa shape index (κ3) is 2.05. The summed E-state index contributed by atoms with van der Waals surface area (Å²) in [6.07, 6.45) is 1.79. The Bertz CT molecular complexity index is 260. The first-order chi connectivity index (χ1) is 5.63. The van der Waals surface area contributed by atoms with Crippen molar-refractivity contribution in [2.75, 3.05) is 0 Å². The molecule has 1 aromatic rings. The van der Waals surface area contributed by atoms with Crippen LogP contribution in [0.15, 0.2) is 22.8 Å². The molecule has 0 aliphatic heterocycles. The van der Waals surface area contributed by atoms with Crippen molar-refractivity contribution < 1.29 is 0 Å². The fraction of sp³-hybridized carbons (Fsp3) is 0.444. The van der Waals surface area contributed by atoms with Crippen molar-refractivity contribution in [2.45, 2.75) is 25.8 Å². The summed E-state index contributed by atoms with van der Waals surface area (Å²) < 4.78 is 1.04. The molecule has 1 aromatic heterocycles. The Kier molecular flexibility index (Phi) is 3.23. The normalized spacial score (nSPS) is 15.7. The monoisotopic (exact) mass is 228 g/mol. The van der Waals surface area contributed by atoms with Crippen molar-refractivity contribution >= 4 is 15.9 Å². The Hall–Kier alpha value is -0.410. The van der Waals surface area contributed by atoms with Crippen LogP contribution in [-0.4, -0.2) is 11.0 Å². The molecule has 2 nitrogen and oxygen atoms in total. The van der Waals surface area contributed by atoms with Crippen LogP contribution in [-0.2, 0) is 0 Å². The van der Waals surface area contributed by atoms with Gasteiger partial charge in [0.1, 0.15) is 0 Å². The summed E-state index contributed by atoms with van der Waals surface area (Å²) in [7, 11) is 0. The maximum Gasteiger partial charge on any atom is 0.0588 e. The van der Waals surface area contributed by atoms with Gasteiger partial charge in [-0.1, -0.05) is 6.92 Å². The van der Waals surface area contributed by atoms with E-state index in [1.165, 1.54) is 0 Å². The standard InChI is InChI=1S/C9H13BrN2/c1-6(7(2)11)9-8(10)4-3-5-12-9/h3-7H,11H2,1-2H3. The van der Waals surface area contributed by atoms with E-state index in [1.54, 1.807) is 6.20 Å². The third-order valence-electron chi connectivity index (χ3n) is 2.01. The smallest absolute Gasteiger partial charge is 0.0588 e. The minimum Gasteiger partial charge on any atom is -0.327 e. The second kappa shape index (κ2) is 4.01. The Morgan fingerprint density at radius 1 is 1.50 bits per heavy atom. The first-order valence-corrected chi connectivity index (χ1v) is 4.78. The Labute approximate surface area is 81.3 Å². The van der Waals surface area contributed by atoms with E-state index >= 15 is 0 Å². The predicted octanol–water partition coefficient (Wildman–Crippen LogP) is 2.29. The van der Waals surface area contributed by atoms with Crippen LogP contribution >= 0.6 is 15.9 Å². The van der Waals surface area contributed by atoms with E-state index in [4.69, 9.17) is 5.73 Å². The van der Waals surface area contributed by atoms with Crippen LogP contribution in [0, 0.1) is 0 Å². The van der Waals surface area contributed by atoms with Gasteiger partial charge in [-0.3, -0.25) is 4.98 Å². The van der Waals surface area contributed by atoms with Crippen molar-refractivity contribution in [3.63, 3.8) is 0 Å². The number of nitrogens with two attached hydrogens (primary N) is 1. The number of pyridine rings is 1. The minimum atomic E-state index is 0.135. The van der Waals surface area contributed by atoms with Gasteiger partial charge < -0.3 is 5.73 Å². The Morgan fingerprint density at radius 2 is 2.17 bits per heavy atom. The number of nitrogens with zero attached hydrogens (tertiary/aromatic N) is 1. The molecule has 0 radical (unpaired) electrons. The molecule has 2 atom stereocenters. The lowest BCUT2D eigenvalue weighted by atomic mass is 10.0. The van der Waals surface area contributed by atoms with E-state index in [0.29, 0.717) is 5.92 Å². The van der Waals surface area contributed by atoms with E-state index in [0.717, 1.165) is 10.2 Å². The van der Waals surface area contributed by atoms with Gasteiger partial charge in [-0.15, -0.1) is 0 Å². The van der Waals surface area contributed by atoms with E-state index in [1.807, 2.05) is 19.1 Å². The summed E-state index contributed by atoms with van der Waals surface area (Å²) >= 11 is 3.45. The molecule has 0 bridgehead atoms. The first kappa shape index (κ1) is 9.68. The largest absolute Gasteiger partial charge is 0.327 e. The molecule has 3 heteroatoms. The zero-order chi connectivity index (χ0) is 9.14. The van der Waals surface area contributed by atoms with Crippen LogP contribution in [0.1, 0.15) is 25.5 Å². The minimum absolute atomic E-state index is 0.135. The van der Waals surface area contributed by atoms with Gasteiger partial charge >= 0.3 is 0 Å². The van der Waals surface area contributed by atoms with Crippen molar-refractivity contribution in [3.8, 4) is 0 Å². The van der Waals surface area contributed by atoms with Crippen LogP contribution in [0.3, 0.4) is 0 Å². The molecule has 1 rings (SSSR count). The third-order valence-corrected chi connectivity index (χ3v) is 2.68. The van der Waals surface area contributed by atoms with Gasteiger partial charge in [0.2, 0.25) is 0 Å². The zero-order valence-electron chi connectivity index (χ0n) is 7.29. The fourth-order valence-corrected chi connectivity index (χ4v) is 1.60. The van der Waals surface area contributed by atoms with Crippen molar-refractivity contribution in [1.29, 1.82) is 0 Å². The molecule has 0 saturated heterocycles. The summed E-state index contributed by atoms with van der Waals surface area (Å²) in [5.74, 6) is 0.292. The van der Waals surface area contributed by atoms with Crippen LogP contribution in [0.2, 0.25) is 0 Å². The topological polar surface area (TPSA) is 38.9 Å². The number of rotatable bonds is 2. The maximum atomic E-state index is 5.78. The van der Waals surface area contributed by atoms with Gasteiger partial charge in [0.25, 0.3) is 0 Å². The van der Waals surface area contributed by atoms with Crippen molar-refractivity contribution in [2.24, 2.45) is 5.73 Å². The summed E-state index contributed by atoms with van der Waals surface area (Å²) in [5.41, 5.74) is 6.81. The summed E-state index contributed by atoms with van der Waals surface area (Å²) in [4.78, 5) is 4.27. The lowest BCUT2D eigenvalue weighted by Gasteiger charge is -2.15. The second-order valence-electron chi connectivity index (χ2n) is 3.02. The highest BCUT2D eigenvalue weighted by Crippen LogP contribution is 2.23. The van der Waals surface area contributed by atoms with Gasteiger partial charge in [0, 0.05) is 22.6 Å². The first-order valence-electron chi connectivity index (χ1n) is 3.99. The maximum absolute atomic E-state index is 5.78. The molecule has 0 aliphatic rings. The van der Waals surface area contributed by atoms with Crippen molar-refractivity contribution in [3.05, 3.63) is 28.5 Å². The highest BCUT2D eigenvalue weighted by molar-refractivity contribution is 9.10. The van der Waals surface area contributed by atoms with Crippen molar-refractivity contribution in [1.82, 2.24) is 4.98 Å². The molecule has 0 fully saturated rings. The zero-order valence-corrected chi connectivity index (χ0v) is 8.88. The molecular formula is C9H13BrN2. The SMILES string of the molecule is CC(N)C(C)c1ncccc1Br. The van der Waals surface area contributed by atoms with E-state index in [9.17, 15) is 0 Å². The summed E-state index contributed by atoms with van der Waals surface area (Å²) in [6, 6.07) is 4.03. The lowest BCUT2D eigenvalue weighted by Crippen LogP contribution is -2.23. The Balaban J connectivity index is 2.94. The Morgan fingerprint density at radius 3 is 2.67 bits per heavy atom. The number of aromatic nitrogens is 1. The molecule has 0 saturated carbocycles. The molecule has 0 aliphatic carbocycles. The molecule has 0 spiro atoms. The van der Waals surface area contributed by atoms with E-state index in [2.05, 4.69) is 27.8 Å². The van der Waals surface area contributed by atoms with Crippen LogP contribution in [0.5, 0.6) is 0 Å². The predicted molar refractivity (Wildman–Crippen MR) is 54.0 cm³/mol. The van der Waals surface area contributed by atoms with Gasteiger partial charge in [0.05, 0.1) is 5.69 Å². The molecule has 0 aromatic carbocycles. The van der Waals surface area contributed by atoms with Gasteiger partial charge in [-0.25, -0.2) is 0 Å². The average Bonchev–Trinajstić information content (AvgIpc) is 2.04. The number of hydrogen-bond acceptors (Lipinski definition) is 2. The molecule has 66 valence electrons. The molecular weight excluding hydrogens is 216 g/mol. The highest BCUT2D eigenvalue weighted by atomic mass is 79.9. The van der Waals surface area contributed by atoms with E-state index in [-0.39, 0.29) is 6.04 Å².